The molecular formula is C25H29N3O4. The molecule has 0 spiro atoms. The summed E-state index contributed by atoms with van der Waals surface area (Å²) in [5, 5.41) is 4.76. The molecule has 1 atom stereocenters. The first-order valence-corrected chi connectivity index (χ1v) is 10.9. The molecule has 1 aromatic heterocycles. The van der Waals surface area contributed by atoms with Crippen LogP contribution in [0.1, 0.15) is 18.4 Å². The number of methoxy groups -OCH3 is 1. The molecule has 0 N–H and O–H groups in total. The average molecular weight is 436 g/mol. The van der Waals surface area contributed by atoms with Crippen molar-refractivity contribution >= 4 is 5.91 Å². The molecule has 7 heteroatoms. The lowest BCUT2D eigenvalue weighted by Crippen LogP contribution is -2.39. The van der Waals surface area contributed by atoms with Crippen molar-refractivity contribution in [3.63, 3.8) is 0 Å². The third kappa shape index (κ3) is 5.18. The van der Waals surface area contributed by atoms with E-state index in [2.05, 4.69) is 0 Å². The quantitative estimate of drug-likeness (QED) is 0.508. The standard InChI is InChI=1S/C25H29N3O4/c1-27-25(32-20-12-7-4-8-13-20)22(24(26-27)19-10-5-3-6-11-19)17-28(23(29)18-30-2)16-21-14-9-15-31-21/h3-8,10-13,21H,9,14-18H2,1-2H3/t21-/m1/s1. The minimum Gasteiger partial charge on any atom is -0.439 e. The van der Waals surface area contributed by atoms with Crippen molar-refractivity contribution in [3.05, 3.63) is 66.2 Å². The Morgan fingerprint density at radius 2 is 1.88 bits per heavy atom. The number of carbonyl (C=O) groups excluding carboxylic acids is 1. The molecule has 0 bridgehead atoms. The van der Waals surface area contributed by atoms with Gasteiger partial charge in [-0.3, -0.25) is 4.79 Å². The van der Waals surface area contributed by atoms with Gasteiger partial charge in [-0.1, -0.05) is 48.5 Å². The molecule has 2 heterocycles. The van der Waals surface area contributed by atoms with Crippen LogP contribution in [0.3, 0.4) is 0 Å². The summed E-state index contributed by atoms with van der Waals surface area (Å²) in [7, 11) is 3.39. The second-order valence-corrected chi connectivity index (χ2v) is 7.88. The molecule has 2 aromatic carbocycles. The SMILES string of the molecule is COCC(=O)N(Cc1c(-c2ccccc2)nn(C)c1Oc1ccccc1)C[C@H]1CCCO1. The van der Waals surface area contributed by atoms with E-state index in [4.69, 9.17) is 19.3 Å². The zero-order valence-corrected chi connectivity index (χ0v) is 18.6. The first-order chi connectivity index (χ1) is 15.7. The predicted octanol–water partition coefficient (Wildman–Crippen LogP) is 4.03. The van der Waals surface area contributed by atoms with Gasteiger partial charge in [0.2, 0.25) is 11.8 Å². The number of para-hydroxylation sites is 1. The number of amides is 1. The topological polar surface area (TPSA) is 65.8 Å². The monoisotopic (exact) mass is 435 g/mol. The Bertz CT molecular complexity index is 1010. The molecular weight excluding hydrogens is 406 g/mol. The molecule has 4 rings (SSSR count). The normalized spacial score (nSPS) is 15.6. The van der Waals surface area contributed by atoms with Crippen molar-refractivity contribution in [1.29, 1.82) is 0 Å². The maximum absolute atomic E-state index is 12.9. The summed E-state index contributed by atoms with van der Waals surface area (Å²) in [5.74, 6) is 1.24. The molecule has 0 saturated carbocycles. The van der Waals surface area contributed by atoms with E-state index in [0.717, 1.165) is 36.3 Å². The van der Waals surface area contributed by atoms with Crippen molar-refractivity contribution in [1.82, 2.24) is 14.7 Å². The van der Waals surface area contributed by atoms with Gasteiger partial charge >= 0.3 is 0 Å². The second-order valence-electron chi connectivity index (χ2n) is 7.88. The summed E-state index contributed by atoms with van der Waals surface area (Å²) in [6, 6.07) is 19.6. The molecule has 32 heavy (non-hydrogen) atoms. The van der Waals surface area contributed by atoms with Gasteiger partial charge < -0.3 is 19.1 Å². The van der Waals surface area contributed by atoms with Gasteiger partial charge in [0.05, 0.1) is 18.2 Å². The predicted molar refractivity (Wildman–Crippen MR) is 121 cm³/mol. The molecule has 0 unspecified atom stereocenters. The maximum atomic E-state index is 12.9. The number of rotatable bonds is 9. The fraction of sp³-hybridized carbons (Fsp3) is 0.360. The highest BCUT2D eigenvalue weighted by Crippen LogP contribution is 2.34. The zero-order valence-electron chi connectivity index (χ0n) is 18.6. The largest absolute Gasteiger partial charge is 0.439 e. The number of hydrogen-bond acceptors (Lipinski definition) is 5. The molecule has 1 fully saturated rings. The van der Waals surface area contributed by atoms with Gasteiger partial charge in [0, 0.05) is 32.9 Å². The summed E-state index contributed by atoms with van der Waals surface area (Å²) in [6.07, 6.45) is 2.00. The fourth-order valence-corrected chi connectivity index (χ4v) is 3.94. The third-order valence-electron chi connectivity index (χ3n) is 5.51. The van der Waals surface area contributed by atoms with Gasteiger partial charge in [0.25, 0.3) is 0 Å². The number of carbonyl (C=O) groups is 1. The van der Waals surface area contributed by atoms with Crippen molar-refractivity contribution < 1.29 is 19.0 Å². The smallest absolute Gasteiger partial charge is 0.248 e. The summed E-state index contributed by atoms with van der Waals surface area (Å²) in [6.45, 7) is 1.61. The molecule has 168 valence electrons. The summed E-state index contributed by atoms with van der Waals surface area (Å²) < 4.78 is 18.9. The van der Waals surface area contributed by atoms with Gasteiger partial charge in [-0.05, 0) is 25.0 Å². The number of hydrogen-bond donors (Lipinski definition) is 0. The van der Waals surface area contributed by atoms with E-state index in [0.29, 0.717) is 24.7 Å². The van der Waals surface area contributed by atoms with E-state index in [1.807, 2.05) is 67.7 Å². The van der Waals surface area contributed by atoms with Crippen molar-refractivity contribution in [3.8, 4) is 22.9 Å². The van der Waals surface area contributed by atoms with E-state index in [-0.39, 0.29) is 18.6 Å². The van der Waals surface area contributed by atoms with Crippen LogP contribution in [0.2, 0.25) is 0 Å². The Morgan fingerprint density at radius 3 is 2.53 bits per heavy atom. The summed E-state index contributed by atoms with van der Waals surface area (Å²) >= 11 is 0. The van der Waals surface area contributed by atoms with E-state index in [1.165, 1.54) is 7.11 Å². The highest BCUT2D eigenvalue weighted by molar-refractivity contribution is 5.78. The van der Waals surface area contributed by atoms with Crippen LogP contribution < -0.4 is 4.74 Å². The fourth-order valence-electron chi connectivity index (χ4n) is 3.94. The number of benzene rings is 2. The van der Waals surface area contributed by atoms with Gasteiger partial charge in [0.1, 0.15) is 18.1 Å². The zero-order chi connectivity index (χ0) is 22.3. The Morgan fingerprint density at radius 1 is 1.16 bits per heavy atom. The minimum atomic E-state index is -0.0866. The second kappa shape index (κ2) is 10.4. The summed E-state index contributed by atoms with van der Waals surface area (Å²) in [4.78, 5) is 14.7. The number of aromatic nitrogens is 2. The Labute approximate surface area is 188 Å². The Balaban J connectivity index is 1.72. The molecule has 0 aliphatic carbocycles. The molecule has 3 aromatic rings. The van der Waals surface area contributed by atoms with Crippen LogP contribution in [0, 0.1) is 0 Å². The molecule has 1 saturated heterocycles. The first-order valence-electron chi connectivity index (χ1n) is 10.9. The van der Waals surface area contributed by atoms with Gasteiger partial charge in [-0.25, -0.2) is 4.68 Å². The minimum absolute atomic E-state index is 0.0164. The van der Waals surface area contributed by atoms with Gasteiger partial charge in [-0.2, -0.15) is 5.10 Å². The van der Waals surface area contributed by atoms with E-state index >= 15 is 0 Å². The van der Waals surface area contributed by atoms with Crippen LogP contribution in [-0.2, 0) is 27.9 Å². The van der Waals surface area contributed by atoms with Crippen LogP contribution in [0.15, 0.2) is 60.7 Å². The van der Waals surface area contributed by atoms with Crippen molar-refractivity contribution in [2.24, 2.45) is 7.05 Å². The van der Waals surface area contributed by atoms with Crippen LogP contribution in [0.4, 0.5) is 0 Å². The van der Waals surface area contributed by atoms with E-state index < -0.39 is 0 Å². The number of nitrogens with zero attached hydrogens (tertiary/aromatic N) is 3. The average Bonchev–Trinajstić information content (AvgIpc) is 3.43. The van der Waals surface area contributed by atoms with Gasteiger partial charge in [0.15, 0.2) is 0 Å². The Hall–Kier alpha value is -3.16. The lowest BCUT2D eigenvalue weighted by Gasteiger charge is -2.26. The van der Waals surface area contributed by atoms with Crippen molar-refractivity contribution in [2.45, 2.75) is 25.5 Å². The number of aryl methyl sites for hydroxylation is 1. The van der Waals surface area contributed by atoms with Crippen LogP contribution in [0.25, 0.3) is 11.3 Å². The lowest BCUT2D eigenvalue weighted by molar-refractivity contribution is -0.137. The highest BCUT2D eigenvalue weighted by Gasteiger charge is 2.27. The molecule has 1 aliphatic heterocycles. The van der Waals surface area contributed by atoms with Gasteiger partial charge in [-0.15, -0.1) is 0 Å². The number of ether oxygens (including phenoxy) is 3. The maximum Gasteiger partial charge on any atom is 0.248 e. The summed E-state index contributed by atoms with van der Waals surface area (Å²) in [5.41, 5.74) is 2.61. The van der Waals surface area contributed by atoms with Crippen LogP contribution in [0.5, 0.6) is 11.6 Å². The van der Waals surface area contributed by atoms with Crippen LogP contribution >= 0.6 is 0 Å². The first kappa shape index (κ1) is 22.0. The van der Waals surface area contributed by atoms with Crippen molar-refractivity contribution in [2.75, 3.05) is 26.9 Å². The molecule has 1 aliphatic rings. The van der Waals surface area contributed by atoms with Crippen LogP contribution in [-0.4, -0.2) is 53.6 Å². The third-order valence-corrected chi connectivity index (χ3v) is 5.51. The van der Waals surface area contributed by atoms with E-state index in [1.54, 1.807) is 9.58 Å². The molecule has 0 radical (unpaired) electrons. The Kier molecular flexibility index (Phi) is 7.19. The highest BCUT2D eigenvalue weighted by atomic mass is 16.5. The molecule has 1 amide bonds. The lowest BCUT2D eigenvalue weighted by atomic mass is 10.1. The molecule has 7 nitrogen and oxygen atoms in total. The van der Waals surface area contributed by atoms with E-state index in [9.17, 15) is 4.79 Å².